The molecule has 108 valence electrons. The van der Waals surface area contributed by atoms with Crippen LogP contribution in [-0.4, -0.2) is 11.8 Å². The molecule has 1 N–H and O–H groups in total. The fourth-order valence-corrected chi connectivity index (χ4v) is 0.375. The number of nitrogens with zero attached hydrogens (tertiary/aromatic N) is 2. The summed E-state index contributed by atoms with van der Waals surface area (Å²) in [5, 5.41) is 15.2. The Balaban J connectivity index is -0.00000000912. The van der Waals surface area contributed by atoms with E-state index in [1.165, 1.54) is 0 Å². The maximum absolute atomic E-state index is 7.50. The first-order chi connectivity index (χ1) is 8.41. The second-order valence-electron chi connectivity index (χ2n) is 0.539. The Morgan fingerprint density at radius 2 is 0.737 bits per heavy atom. The van der Waals surface area contributed by atoms with Gasteiger partial charge in [0, 0.05) is 34.1 Å². The molecule has 0 rings (SSSR count). The van der Waals surface area contributed by atoms with Gasteiger partial charge in [-0.3, -0.25) is 0 Å². The molecule has 11 heteroatoms. The first-order valence-corrected chi connectivity index (χ1v) is 3.70. The fraction of sp³-hybridized carbons (Fsp3) is 0.250. The summed E-state index contributed by atoms with van der Waals surface area (Å²) < 4.78 is 30.0. The van der Waals surface area contributed by atoms with Crippen molar-refractivity contribution in [3.05, 3.63) is 39.7 Å². The number of nitrogens with one attached hydrogen (secondary N) is 1. The van der Waals surface area contributed by atoms with Crippen LogP contribution >= 0.6 is 0 Å². The minimum atomic E-state index is 0. The molecule has 0 atom stereocenters. The number of rotatable bonds is 2. The minimum absolute atomic E-state index is 0. The first kappa shape index (κ1) is 62.4. The summed E-state index contributed by atoms with van der Waals surface area (Å²) in [5.41, 5.74) is 0. The summed E-state index contributed by atoms with van der Waals surface area (Å²) in [6.07, 6.45) is 0. The molecule has 19 heavy (non-hydrogen) atoms. The molecule has 0 aliphatic rings. The molecule has 0 amide bonds. The van der Waals surface area contributed by atoms with Gasteiger partial charge in [-0.25, -0.2) is 0 Å². The van der Waals surface area contributed by atoms with Crippen molar-refractivity contribution in [3.63, 3.8) is 0 Å². The summed E-state index contributed by atoms with van der Waals surface area (Å²) in [7, 11) is 0. The zero-order valence-corrected chi connectivity index (χ0v) is 12.8. The molecule has 0 saturated heterocycles. The van der Waals surface area contributed by atoms with Crippen LogP contribution in [0.25, 0.3) is 0 Å². The first-order valence-electron chi connectivity index (χ1n) is 2.55. The van der Waals surface area contributed by atoms with Crippen molar-refractivity contribution >= 4 is 25.3 Å². The van der Waals surface area contributed by atoms with Crippen LogP contribution in [-0.2, 0) is 78.0 Å². The molecule has 0 heterocycles. The molecule has 0 aliphatic heterocycles. The molecule has 0 aromatic heterocycles. The van der Waals surface area contributed by atoms with Gasteiger partial charge in [0.05, 0.1) is 0 Å². The molecule has 0 radical (unpaired) electrons. The maximum atomic E-state index is 7.50. The van der Waals surface area contributed by atoms with Crippen molar-refractivity contribution < 1.29 is 52.7 Å². The predicted octanol–water partition coefficient (Wildman–Crippen LogP) is -0.377. The standard InChI is InChI=1S/C2H7NS2.2CN.4CO.2Fe/c4-1-3-2-5;6*1-2;;/h3-5H,1-2H2;;;;;;;;/q;2*-1;;;;;;/p-2. The SMILES string of the molecule is [C-]#N.[C-]#N.[C-]#[O+].[C-]#[O+].[C-]#[O+].[C-]#[O+].[Fe].[Fe].[S-]CNC[S-]. The molecule has 0 aromatic carbocycles. The van der Waals surface area contributed by atoms with Gasteiger partial charge in [-0.05, 0) is 0 Å². The molecular weight excluding hydrogens is 378 g/mol. The van der Waals surface area contributed by atoms with Crippen LogP contribution in [0.4, 0.5) is 0 Å². The van der Waals surface area contributed by atoms with Crippen molar-refractivity contribution in [1.29, 1.82) is 10.5 Å². The number of hydrogen-bond acceptors (Lipinski definition) is 5. The van der Waals surface area contributed by atoms with Crippen LogP contribution in [0.3, 0.4) is 0 Å². The van der Waals surface area contributed by atoms with E-state index >= 15 is 0 Å². The molecule has 7 nitrogen and oxygen atoms in total. The summed E-state index contributed by atoms with van der Waals surface area (Å²) in [4.78, 5) is 0. The van der Waals surface area contributed by atoms with E-state index in [9.17, 15) is 0 Å². The zero-order valence-electron chi connectivity index (χ0n) is 8.97. The van der Waals surface area contributed by atoms with E-state index < -0.39 is 0 Å². The van der Waals surface area contributed by atoms with Gasteiger partial charge in [0.15, 0.2) is 0 Å². The quantitative estimate of drug-likeness (QED) is 0.300. The van der Waals surface area contributed by atoms with Crippen LogP contribution in [0.2, 0.25) is 0 Å². The monoisotopic (exact) mass is 383 g/mol. The van der Waals surface area contributed by atoms with Gasteiger partial charge in [-0.15, -0.1) is 11.8 Å². The van der Waals surface area contributed by atoms with Gasteiger partial charge in [0.2, 0.25) is 0 Å². The van der Waals surface area contributed by atoms with Crippen LogP contribution in [0.5, 0.6) is 0 Å². The molecule has 0 saturated carbocycles. The fourth-order valence-electron chi connectivity index (χ4n) is 0.0417. The molecule has 0 spiro atoms. The Bertz CT molecular complexity index is 147. The molecule has 0 aromatic rings. The van der Waals surface area contributed by atoms with Gasteiger partial charge in [0.1, 0.15) is 0 Å². The van der Waals surface area contributed by atoms with Crippen molar-refractivity contribution in [2.24, 2.45) is 0 Å². The van der Waals surface area contributed by atoms with Crippen molar-refractivity contribution in [1.82, 2.24) is 5.32 Å². The molecule has 0 fully saturated rings. The van der Waals surface area contributed by atoms with E-state index in [0.717, 1.165) is 0 Å². The summed E-state index contributed by atoms with van der Waals surface area (Å²) in [5.74, 6) is 1.15. The van der Waals surface area contributed by atoms with E-state index in [-0.39, 0.29) is 34.1 Å². The zero-order chi connectivity index (χ0) is 16.1. The van der Waals surface area contributed by atoms with Crippen molar-refractivity contribution in [2.75, 3.05) is 11.8 Å². The Morgan fingerprint density at radius 3 is 0.737 bits per heavy atom. The second kappa shape index (κ2) is 701. The summed E-state index contributed by atoms with van der Waals surface area (Å²) in [6.45, 7) is 27.5. The predicted molar refractivity (Wildman–Crippen MR) is 53.3 cm³/mol. The molecular formula is C8H5Fe2N3O4S2-4. The smallest absolute Gasteiger partial charge is 0 e. The second-order valence-corrected chi connectivity index (χ2v) is 1.12. The van der Waals surface area contributed by atoms with E-state index in [2.05, 4.69) is 57.2 Å². The van der Waals surface area contributed by atoms with Gasteiger partial charge in [-0.1, -0.05) is 0 Å². The summed E-state index contributed by atoms with van der Waals surface area (Å²) in [6, 6.07) is 0. The van der Waals surface area contributed by atoms with Crippen LogP contribution in [0.15, 0.2) is 0 Å². The molecule has 0 bridgehead atoms. The Hall–Kier alpha value is -0.361. The minimum Gasteiger partial charge on any atom is -0.778 e. The normalized spacial score (nSPS) is 2.84. The average Bonchev–Trinajstić information content (AvgIpc) is 2.52. The van der Waals surface area contributed by atoms with E-state index in [0.29, 0.717) is 11.8 Å². The molecule has 0 unspecified atom stereocenters. The van der Waals surface area contributed by atoms with Gasteiger partial charge < -0.3 is 54.2 Å². The van der Waals surface area contributed by atoms with Gasteiger partial charge in [0.25, 0.3) is 0 Å². The number of hydrogen-bond donors (Lipinski definition) is 1. The average molecular weight is 383 g/mol. The third-order valence-electron chi connectivity index (χ3n) is 0.204. The molecule has 0 aliphatic carbocycles. The summed E-state index contributed by atoms with van der Waals surface area (Å²) >= 11 is 8.95. The van der Waals surface area contributed by atoms with Gasteiger partial charge >= 0.3 is 45.2 Å². The van der Waals surface area contributed by atoms with Crippen LogP contribution in [0.1, 0.15) is 0 Å². The van der Waals surface area contributed by atoms with Crippen LogP contribution < -0.4 is 5.32 Å². The van der Waals surface area contributed by atoms with E-state index in [4.69, 9.17) is 42.3 Å². The topological polar surface area (TPSA) is 139 Å². The third-order valence-corrected chi connectivity index (χ3v) is 0.612. The Morgan fingerprint density at radius 1 is 0.632 bits per heavy atom. The van der Waals surface area contributed by atoms with Crippen LogP contribution in [0, 0.1) is 50.3 Å². The Kier molecular flexibility index (Phi) is 2300. The van der Waals surface area contributed by atoms with E-state index in [1.54, 1.807) is 0 Å². The van der Waals surface area contributed by atoms with Gasteiger partial charge in [-0.2, -0.15) is 0 Å². The third kappa shape index (κ3) is 1610. The van der Waals surface area contributed by atoms with Crippen molar-refractivity contribution in [3.8, 4) is 0 Å². The Labute approximate surface area is 145 Å². The van der Waals surface area contributed by atoms with E-state index in [1.807, 2.05) is 0 Å². The van der Waals surface area contributed by atoms with Crippen molar-refractivity contribution in [2.45, 2.75) is 0 Å². The maximum Gasteiger partial charge on any atom is 0 e. The largest absolute Gasteiger partial charge is 0.778 e.